The molecule has 0 spiro atoms. The van der Waals surface area contributed by atoms with Gasteiger partial charge in [0.05, 0.1) is 32.5 Å². The lowest BCUT2D eigenvalue weighted by molar-refractivity contribution is -0.141. The molecule has 1 aliphatic carbocycles. The first-order valence-electron chi connectivity index (χ1n) is 11.0. The predicted octanol–water partition coefficient (Wildman–Crippen LogP) is 3.56. The molecule has 30 heavy (non-hydrogen) atoms. The van der Waals surface area contributed by atoms with E-state index < -0.39 is 6.10 Å². The Hall–Kier alpha value is -1.67. The maximum Gasteiger partial charge on any atom is 0.240 e. The second-order valence-corrected chi connectivity index (χ2v) is 7.95. The van der Waals surface area contributed by atoms with Crippen LogP contribution >= 0.6 is 0 Å². The van der Waals surface area contributed by atoms with Gasteiger partial charge in [0, 0.05) is 14.0 Å². The van der Waals surface area contributed by atoms with E-state index >= 15 is 0 Å². The van der Waals surface area contributed by atoms with Crippen LogP contribution in [0.1, 0.15) is 63.5 Å². The average molecular weight is 424 g/mol. The van der Waals surface area contributed by atoms with Gasteiger partial charge in [0.25, 0.3) is 0 Å². The lowest BCUT2D eigenvalue weighted by Gasteiger charge is -2.22. The van der Waals surface area contributed by atoms with Gasteiger partial charge in [0.2, 0.25) is 5.91 Å². The van der Waals surface area contributed by atoms with Crippen molar-refractivity contribution in [2.75, 3.05) is 33.5 Å². The summed E-state index contributed by atoms with van der Waals surface area (Å²) in [5, 5.41) is 10.6. The van der Waals surface area contributed by atoms with Crippen molar-refractivity contribution in [1.82, 2.24) is 5.48 Å². The number of rotatable bonds is 14. The Kier molecular flexibility index (Phi) is 11.8. The minimum Gasteiger partial charge on any atom is -0.493 e. The lowest BCUT2D eigenvalue weighted by Crippen LogP contribution is -2.31. The van der Waals surface area contributed by atoms with Crippen LogP contribution in [-0.2, 0) is 19.1 Å². The molecule has 1 aliphatic rings. The third kappa shape index (κ3) is 9.89. The molecule has 0 bridgehead atoms. The molecule has 1 aromatic rings. The third-order valence-corrected chi connectivity index (χ3v) is 5.32. The van der Waals surface area contributed by atoms with Crippen LogP contribution in [-0.4, -0.2) is 50.7 Å². The van der Waals surface area contributed by atoms with E-state index in [9.17, 15) is 9.90 Å². The van der Waals surface area contributed by atoms with E-state index in [1.165, 1.54) is 39.0 Å². The molecule has 7 heteroatoms. The molecule has 2 unspecified atom stereocenters. The van der Waals surface area contributed by atoms with Gasteiger partial charge in [-0.3, -0.25) is 9.63 Å². The Balaban J connectivity index is 1.81. The number of hydrogen-bond acceptors (Lipinski definition) is 6. The molecule has 0 aromatic heterocycles. The molecule has 1 fully saturated rings. The molecular weight excluding hydrogens is 386 g/mol. The fraction of sp³-hybridized carbons (Fsp3) is 0.696. The lowest BCUT2D eigenvalue weighted by atomic mass is 9.90. The van der Waals surface area contributed by atoms with Crippen molar-refractivity contribution >= 4 is 5.91 Å². The van der Waals surface area contributed by atoms with Crippen molar-refractivity contribution in [3.05, 3.63) is 29.8 Å². The molecule has 0 saturated heterocycles. The van der Waals surface area contributed by atoms with Gasteiger partial charge in [0.15, 0.2) is 0 Å². The first kappa shape index (κ1) is 24.6. The maximum absolute atomic E-state index is 11.1. The number of amides is 1. The summed E-state index contributed by atoms with van der Waals surface area (Å²) in [4.78, 5) is 16.5. The van der Waals surface area contributed by atoms with Crippen LogP contribution in [0.25, 0.3) is 0 Å². The summed E-state index contributed by atoms with van der Waals surface area (Å²) < 4.78 is 16.5. The number of hydrogen-bond donors (Lipinski definition) is 2. The largest absolute Gasteiger partial charge is 0.493 e. The van der Waals surface area contributed by atoms with E-state index in [1.807, 2.05) is 24.3 Å². The summed E-state index contributed by atoms with van der Waals surface area (Å²) in [5.41, 5.74) is 3.17. The van der Waals surface area contributed by atoms with Crippen molar-refractivity contribution in [2.24, 2.45) is 5.92 Å². The number of hydroxylamine groups is 1. The van der Waals surface area contributed by atoms with E-state index in [1.54, 1.807) is 7.11 Å². The zero-order valence-electron chi connectivity index (χ0n) is 18.3. The molecule has 1 saturated carbocycles. The zero-order chi connectivity index (χ0) is 21.6. The summed E-state index contributed by atoms with van der Waals surface area (Å²) in [7, 11) is 1.61. The van der Waals surface area contributed by atoms with E-state index in [2.05, 4.69) is 5.48 Å². The second-order valence-electron chi connectivity index (χ2n) is 7.95. The Morgan fingerprint density at radius 2 is 2.00 bits per heavy atom. The first-order valence-corrected chi connectivity index (χ1v) is 11.0. The average Bonchev–Trinajstić information content (AvgIpc) is 2.77. The highest BCUT2D eigenvalue weighted by atomic mass is 16.7. The van der Waals surface area contributed by atoms with Gasteiger partial charge >= 0.3 is 0 Å². The zero-order valence-corrected chi connectivity index (χ0v) is 18.3. The number of aliphatic hydroxyl groups is 1. The highest BCUT2D eigenvalue weighted by Crippen LogP contribution is 2.27. The van der Waals surface area contributed by atoms with Gasteiger partial charge in [-0.05, 0) is 49.3 Å². The van der Waals surface area contributed by atoms with Gasteiger partial charge in [-0.15, -0.1) is 0 Å². The van der Waals surface area contributed by atoms with E-state index in [4.69, 9.17) is 19.0 Å². The normalized spacial score (nSPS) is 16.8. The predicted molar refractivity (Wildman–Crippen MR) is 114 cm³/mol. The number of benzene rings is 1. The summed E-state index contributed by atoms with van der Waals surface area (Å²) >= 11 is 0. The first-order chi connectivity index (χ1) is 14.6. The van der Waals surface area contributed by atoms with Gasteiger partial charge in [-0.2, -0.15) is 0 Å². The number of nitrogens with one attached hydrogen (secondary N) is 1. The molecule has 2 atom stereocenters. The van der Waals surface area contributed by atoms with Crippen LogP contribution in [0.2, 0.25) is 0 Å². The highest BCUT2D eigenvalue weighted by Gasteiger charge is 2.17. The monoisotopic (exact) mass is 423 g/mol. The number of aliphatic hydroxyl groups excluding tert-OH is 1. The smallest absolute Gasteiger partial charge is 0.240 e. The quantitative estimate of drug-likeness (QED) is 0.352. The highest BCUT2D eigenvalue weighted by molar-refractivity contribution is 5.71. The van der Waals surface area contributed by atoms with Gasteiger partial charge in [0.1, 0.15) is 11.9 Å². The minimum absolute atomic E-state index is 0.278. The van der Waals surface area contributed by atoms with Crippen molar-refractivity contribution in [3.8, 4) is 5.75 Å². The molecule has 0 radical (unpaired) electrons. The van der Waals surface area contributed by atoms with Crippen LogP contribution in [0.4, 0.5) is 0 Å². The Labute approximate surface area is 180 Å². The standard InChI is InChI=1S/C23H37NO6/c1-18(25)24-30-22(17-28-14-13-27-2)11-12-23(26)20-9-6-10-21(15-20)29-16-19-7-4-3-5-8-19/h6,9-10,15,19,22-23,26H,3-5,7-8,11-14,16-17H2,1-2H3,(H,24,25). The Bertz CT molecular complexity index is 605. The van der Waals surface area contributed by atoms with E-state index in [-0.39, 0.29) is 12.0 Å². The molecule has 1 aromatic carbocycles. The second kappa shape index (κ2) is 14.4. The number of ether oxygens (including phenoxy) is 3. The van der Waals surface area contributed by atoms with Crippen LogP contribution in [0.5, 0.6) is 5.75 Å². The summed E-state index contributed by atoms with van der Waals surface area (Å²) in [6.45, 7) is 3.37. The van der Waals surface area contributed by atoms with Gasteiger partial charge in [-0.1, -0.05) is 31.4 Å². The minimum atomic E-state index is -0.648. The molecular formula is C23H37NO6. The molecule has 7 nitrogen and oxygen atoms in total. The SMILES string of the molecule is COCCOCC(CCC(O)c1cccc(OCC2CCCCC2)c1)ONC(C)=O. The molecule has 2 rings (SSSR count). The van der Waals surface area contributed by atoms with Crippen molar-refractivity contribution in [3.63, 3.8) is 0 Å². The summed E-state index contributed by atoms with van der Waals surface area (Å²) in [5.74, 6) is 1.16. The Morgan fingerprint density at radius 1 is 1.20 bits per heavy atom. The summed E-state index contributed by atoms with van der Waals surface area (Å²) in [6, 6.07) is 7.66. The fourth-order valence-corrected chi connectivity index (χ4v) is 3.59. The third-order valence-electron chi connectivity index (χ3n) is 5.32. The van der Waals surface area contributed by atoms with E-state index in [0.717, 1.165) is 17.9 Å². The fourth-order valence-electron chi connectivity index (χ4n) is 3.59. The van der Waals surface area contributed by atoms with Crippen molar-refractivity contribution in [2.45, 2.75) is 64.1 Å². The van der Waals surface area contributed by atoms with Crippen LogP contribution in [0, 0.1) is 5.92 Å². The van der Waals surface area contributed by atoms with Gasteiger partial charge < -0.3 is 19.3 Å². The molecule has 0 heterocycles. The number of methoxy groups -OCH3 is 1. The maximum atomic E-state index is 11.1. The number of carbonyl (C=O) groups excluding carboxylic acids is 1. The van der Waals surface area contributed by atoms with Crippen molar-refractivity contribution in [1.29, 1.82) is 0 Å². The molecule has 1 amide bonds. The molecule has 170 valence electrons. The molecule has 0 aliphatic heterocycles. The van der Waals surface area contributed by atoms with Gasteiger partial charge in [-0.25, -0.2) is 5.48 Å². The van der Waals surface area contributed by atoms with Crippen molar-refractivity contribution < 1.29 is 28.9 Å². The van der Waals surface area contributed by atoms with E-state index in [0.29, 0.717) is 38.6 Å². The summed E-state index contributed by atoms with van der Waals surface area (Å²) in [6.07, 6.45) is 6.41. The van der Waals surface area contributed by atoms with Crippen LogP contribution < -0.4 is 10.2 Å². The van der Waals surface area contributed by atoms with Crippen LogP contribution in [0.3, 0.4) is 0 Å². The van der Waals surface area contributed by atoms with Crippen LogP contribution in [0.15, 0.2) is 24.3 Å². The Morgan fingerprint density at radius 3 is 2.73 bits per heavy atom. The topological polar surface area (TPSA) is 86.2 Å². The number of carbonyl (C=O) groups is 1. The molecule has 2 N–H and O–H groups in total.